The van der Waals surface area contributed by atoms with Crippen molar-refractivity contribution in [2.75, 3.05) is 0 Å². The van der Waals surface area contributed by atoms with E-state index < -0.39 is 11.7 Å². The van der Waals surface area contributed by atoms with Crippen molar-refractivity contribution in [3.05, 3.63) is 18.2 Å². The minimum atomic E-state index is -0.900. The van der Waals surface area contributed by atoms with E-state index in [0.717, 1.165) is 25.2 Å². The van der Waals surface area contributed by atoms with Crippen molar-refractivity contribution in [1.29, 1.82) is 0 Å². The van der Waals surface area contributed by atoms with E-state index in [-0.39, 0.29) is 0 Å². The van der Waals surface area contributed by atoms with E-state index in [1.54, 1.807) is 6.20 Å². The molecule has 1 aromatic heterocycles. The normalized spacial score (nSPS) is 21.4. The number of aliphatic hydroxyl groups excluding tert-OH is 1. The third-order valence-corrected chi connectivity index (χ3v) is 3.86. The maximum Gasteiger partial charge on any atom is 0.111 e. The predicted molar refractivity (Wildman–Crippen MR) is 65.6 cm³/mol. The first-order chi connectivity index (χ1) is 8.15. The number of aliphatic hydroxyl groups is 2. The molecule has 1 saturated carbocycles. The van der Waals surface area contributed by atoms with E-state index in [1.807, 2.05) is 17.7 Å². The zero-order valence-electron chi connectivity index (χ0n) is 10.5. The number of imidazole rings is 1. The average molecular weight is 238 g/mol. The van der Waals surface area contributed by atoms with Crippen LogP contribution in [0.4, 0.5) is 0 Å². The van der Waals surface area contributed by atoms with Gasteiger partial charge in [-0.2, -0.15) is 0 Å². The fourth-order valence-electron chi connectivity index (χ4n) is 2.68. The van der Waals surface area contributed by atoms with Crippen molar-refractivity contribution in [3.63, 3.8) is 0 Å². The number of nitrogens with zero attached hydrogens (tertiary/aromatic N) is 2. The number of rotatable bonds is 4. The minimum Gasteiger partial charge on any atom is -0.390 e. The van der Waals surface area contributed by atoms with Crippen LogP contribution in [-0.2, 0) is 13.0 Å². The average Bonchev–Trinajstić information content (AvgIpc) is 2.77. The van der Waals surface area contributed by atoms with E-state index in [2.05, 4.69) is 4.98 Å². The topological polar surface area (TPSA) is 58.3 Å². The second kappa shape index (κ2) is 5.19. The number of hydrogen-bond acceptors (Lipinski definition) is 3. The SMILES string of the molecule is CCn1ccnc1CC(O)C1(O)CCCCC1. The second-order valence-electron chi connectivity index (χ2n) is 5.01. The Morgan fingerprint density at radius 1 is 1.41 bits per heavy atom. The number of hydrogen-bond donors (Lipinski definition) is 2. The Bertz CT molecular complexity index is 356. The Morgan fingerprint density at radius 3 is 2.76 bits per heavy atom. The lowest BCUT2D eigenvalue weighted by molar-refractivity contribution is -0.0969. The highest BCUT2D eigenvalue weighted by Gasteiger charge is 2.37. The van der Waals surface area contributed by atoms with Crippen molar-refractivity contribution in [1.82, 2.24) is 9.55 Å². The van der Waals surface area contributed by atoms with Gasteiger partial charge in [-0.05, 0) is 19.8 Å². The van der Waals surface area contributed by atoms with Crippen LogP contribution in [0.3, 0.4) is 0 Å². The molecule has 96 valence electrons. The van der Waals surface area contributed by atoms with E-state index in [9.17, 15) is 10.2 Å². The molecule has 0 radical (unpaired) electrons. The Hall–Kier alpha value is -0.870. The van der Waals surface area contributed by atoms with Crippen LogP contribution in [0.25, 0.3) is 0 Å². The fraction of sp³-hybridized carbons (Fsp3) is 0.769. The molecule has 0 saturated heterocycles. The second-order valence-corrected chi connectivity index (χ2v) is 5.01. The number of aromatic nitrogens is 2. The van der Waals surface area contributed by atoms with Crippen LogP contribution in [0.5, 0.6) is 0 Å². The zero-order chi connectivity index (χ0) is 12.3. The lowest BCUT2D eigenvalue weighted by Crippen LogP contribution is -2.45. The first-order valence-electron chi connectivity index (χ1n) is 6.56. The lowest BCUT2D eigenvalue weighted by atomic mass is 9.79. The van der Waals surface area contributed by atoms with Crippen molar-refractivity contribution in [2.24, 2.45) is 0 Å². The largest absolute Gasteiger partial charge is 0.390 e. The maximum absolute atomic E-state index is 10.4. The molecule has 2 rings (SSSR count). The van der Waals surface area contributed by atoms with Crippen LogP contribution in [0.15, 0.2) is 12.4 Å². The Kier molecular flexibility index (Phi) is 3.84. The molecule has 0 bridgehead atoms. The molecule has 4 nitrogen and oxygen atoms in total. The summed E-state index contributed by atoms with van der Waals surface area (Å²) in [5, 5.41) is 20.6. The summed E-state index contributed by atoms with van der Waals surface area (Å²) in [6.45, 7) is 2.90. The molecule has 1 aromatic rings. The van der Waals surface area contributed by atoms with Crippen LogP contribution in [0.1, 0.15) is 44.9 Å². The molecule has 4 heteroatoms. The summed E-state index contributed by atoms with van der Waals surface area (Å²) in [4.78, 5) is 4.24. The zero-order valence-corrected chi connectivity index (χ0v) is 10.5. The standard InChI is InChI=1S/C13H22N2O2/c1-2-15-9-8-14-12(15)10-11(16)13(17)6-4-3-5-7-13/h8-9,11,16-17H,2-7,10H2,1H3. The van der Waals surface area contributed by atoms with Gasteiger partial charge in [-0.15, -0.1) is 0 Å². The first kappa shape index (κ1) is 12.6. The van der Waals surface area contributed by atoms with E-state index >= 15 is 0 Å². The van der Waals surface area contributed by atoms with Crippen LogP contribution in [0.2, 0.25) is 0 Å². The van der Waals surface area contributed by atoms with Gasteiger partial charge < -0.3 is 14.8 Å². The van der Waals surface area contributed by atoms with Gasteiger partial charge in [0.2, 0.25) is 0 Å². The van der Waals surface area contributed by atoms with Crippen molar-refractivity contribution >= 4 is 0 Å². The van der Waals surface area contributed by atoms with Gasteiger partial charge in [0.15, 0.2) is 0 Å². The van der Waals surface area contributed by atoms with Gasteiger partial charge in [0.05, 0.1) is 11.7 Å². The summed E-state index contributed by atoms with van der Waals surface area (Å²) in [5.74, 6) is 0.860. The summed E-state index contributed by atoms with van der Waals surface area (Å²) >= 11 is 0. The number of aryl methyl sites for hydroxylation is 1. The third-order valence-electron chi connectivity index (χ3n) is 3.86. The third kappa shape index (κ3) is 2.69. The molecule has 1 fully saturated rings. The molecule has 17 heavy (non-hydrogen) atoms. The summed E-state index contributed by atoms with van der Waals surface area (Å²) in [6.07, 6.45) is 8.00. The summed E-state index contributed by atoms with van der Waals surface area (Å²) in [5.41, 5.74) is -0.900. The lowest BCUT2D eigenvalue weighted by Gasteiger charge is -2.36. The van der Waals surface area contributed by atoms with Crippen molar-refractivity contribution < 1.29 is 10.2 Å². The van der Waals surface area contributed by atoms with Crippen LogP contribution < -0.4 is 0 Å². The summed E-state index contributed by atoms with van der Waals surface area (Å²) in [7, 11) is 0. The van der Waals surface area contributed by atoms with Gasteiger partial charge in [0.25, 0.3) is 0 Å². The molecule has 1 aliphatic rings. The van der Waals surface area contributed by atoms with Gasteiger partial charge in [-0.1, -0.05) is 19.3 Å². The first-order valence-corrected chi connectivity index (χ1v) is 6.56. The van der Waals surface area contributed by atoms with Gasteiger partial charge in [0, 0.05) is 25.4 Å². The van der Waals surface area contributed by atoms with Crippen molar-refractivity contribution in [3.8, 4) is 0 Å². The van der Waals surface area contributed by atoms with E-state index in [0.29, 0.717) is 19.3 Å². The predicted octanol–water partition coefficient (Wildman–Crippen LogP) is 1.50. The van der Waals surface area contributed by atoms with Crippen LogP contribution >= 0.6 is 0 Å². The molecular formula is C13H22N2O2. The Morgan fingerprint density at radius 2 is 2.12 bits per heavy atom. The van der Waals surface area contributed by atoms with Crippen molar-refractivity contribution in [2.45, 2.75) is 63.7 Å². The van der Waals surface area contributed by atoms with Crippen LogP contribution in [0, 0.1) is 0 Å². The monoisotopic (exact) mass is 238 g/mol. The van der Waals surface area contributed by atoms with Gasteiger partial charge in [-0.25, -0.2) is 4.98 Å². The molecule has 1 atom stereocenters. The molecule has 1 heterocycles. The highest BCUT2D eigenvalue weighted by atomic mass is 16.3. The molecule has 0 spiro atoms. The minimum absolute atomic E-state index is 0.442. The fourth-order valence-corrected chi connectivity index (χ4v) is 2.68. The van der Waals surface area contributed by atoms with Gasteiger partial charge >= 0.3 is 0 Å². The molecule has 1 aliphatic carbocycles. The molecule has 1 unspecified atom stereocenters. The van der Waals surface area contributed by atoms with E-state index in [1.165, 1.54) is 6.42 Å². The highest BCUT2D eigenvalue weighted by Crippen LogP contribution is 2.32. The highest BCUT2D eigenvalue weighted by molar-refractivity contribution is 4.99. The molecule has 0 aromatic carbocycles. The quantitative estimate of drug-likeness (QED) is 0.835. The molecular weight excluding hydrogens is 216 g/mol. The molecule has 0 aliphatic heterocycles. The van der Waals surface area contributed by atoms with E-state index in [4.69, 9.17) is 0 Å². The Balaban J connectivity index is 2.02. The Labute approximate surface area is 102 Å². The molecule has 2 N–H and O–H groups in total. The summed E-state index contributed by atoms with van der Waals surface area (Å²) < 4.78 is 2.01. The van der Waals surface area contributed by atoms with Gasteiger partial charge in [0.1, 0.15) is 5.82 Å². The summed E-state index contributed by atoms with van der Waals surface area (Å²) in [6, 6.07) is 0. The maximum atomic E-state index is 10.4. The smallest absolute Gasteiger partial charge is 0.111 e. The van der Waals surface area contributed by atoms with Gasteiger partial charge in [-0.3, -0.25) is 0 Å². The molecule has 0 amide bonds. The van der Waals surface area contributed by atoms with Crippen LogP contribution in [-0.4, -0.2) is 31.5 Å².